The molecular weight excluding hydrogens is 230 g/mol. The Morgan fingerprint density at radius 2 is 1.88 bits per heavy atom. The van der Waals surface area contributed by atoms with Crippen LogP contribution < -0.4 is 0 Å². The molecule has 94 valence electrons. The summed E-state index contributed by atoms with van der Waals surface area (Å²) in [5.74, 6) is -0.954. The van der Waals surface area contributed by atoms with Gasteiger partial charge in [-0.15, -0.1) is 0 Å². The molecule has 0 amide bonds. The molecule has 0 aromatic heterocycles. The van der Waals surface area contributed by atoms with E-state index >= 15 is 0 Å². The van der Waals surface area contributed by atoms with Gasteiger partial charge in [-0.05, 0) is 12.8 Å². The molecule has 0 bridgehead atoms. The zero-order valence-corrected chi connectivity index (χ0v) is 10.4. The van der Waals surface area contributed by atoms with E-state index in [9.17, 15) is 13.2 Å². The molecule has 0 unspecified atom stereocenters. The minimum Gasteiger partial charge on any atom is -0.481 e. The van der Waals surface area contributed by atoms with Crippen molar-refractivity contribution in [2.45, 2.75) is 44.6 Å². The molecular formula is C10H19NO4S. The summed E-state index contributed by atoms with van der Waals surface area (Å²) < 4.78 is 24.5. The zero-order chi connectivity index (χ0) is 12.2. The molecule has 5 nitrogen and oxygen atoms in total. The van der Waals surface area contributed by atoms with E-state index in [1.807, 2.05) is 0 Å². The van der Waals surface area contributed by atoms with Crippen LogP contribution >= 0.6 is 0 Å². The Labute approximate surface area is 96.5 Å². The van der Waals surface area contributed by atoms with Gasteiger partial charge in [0.15, 0.2) is 0 Å². The highest BCUT2D eigenvalue weighted by Crippen LogP contribution is 2.24. The maximum absolute atomic E-state index is 11.6. The average Bonchev–Trinajstić information content (AvgIpc) is 2.17. The summed E-state index contributed by atoms with van der Waals surface area (Å²) in [6, 6.07) is 0.00287. The molecule has 0 aliphatic heterocycles. The Kier molecular flexibility index (Phi) is 4.73. The molecule has 1 rings (SSSR count). The van der Waals surface area contributed by atoms with Crippen LogP contribution in [0, 0.1) is 0 Å². The summed E-state index contributed by atoms with van der Waals surface area (Å²) in [6.45, 7) is 0.0961. The van der Waals surface area contributed by atoms with E-state index in [1.54, 1.807) is 0 Å². The maximum Gasteiger partial charge on any atom is 0.304 e. The van der Waals surface area contributed by atoms with Gasteiger partial charge in [-0.1, -0.05) is 19.3 Å². The second kappa shape index (κ2) is 5.63. The monoisotopic (exact) mass is 249 g/mol. The molecule has 0 aromatic rings. The van der Waals surface area contributed by atoms with Gasteiger partial charge < -0.3 is 5.11 Å². The van der Waals surface area contributed by atoms with Crippen LogP contribution in [-0.4, -0.2) is 42.6 Å². The smallest absolute Gasteiger partial charge is 0.304 e. The van der Waals surface area contributed by atoms with Crippen molar-refractivity contribution in [3.63, 3.8) is 0 Å². The van der Waals surface area contributed by atoms with Crippen LogP contribution in [0.4, 0.5) is 0 Å². The molecule has 1 aliphatic carbocycles. The number of carboxylic acid groups (broad SMARTS) is 1. The Balaban J connectivity index is 2.66. The van der Waals surface area contributed by atoms with Gasteiger partial charge in [-0.3, -0.25) is 4.79 Å². The third kappa shape index (κ3) is 4.09. The first-order chi connectivity index (χ1) is 7.41. The SMILES string of the molecule is CS(=O)(=O)N(CCC(=O)O)C1CCCCC1. The molecule has 1 saturated carbocycles. The molecule has 0 radical (unpaired) electrons. The molecule has 0 heterocycles. The number of sulfonamides is 1. The summed E-state index contributed by atoms with van der Waals surface area (Å²) in [5, 5.41) is 8.60. The number of rotatable bonds is 5. The third-order valence-electron chi connectivity index (χ3n) is 2.95. The van der Waals surface area contributed by atoms with Crippen molar-refractivity contribution in [2.75, 3.05) is 12.8 Å². The number of aliphatic carboxylic acids is 1. The highest BCUT2D eigenvalue weighted by molar-refractivity contribution is 7.88. The lowest BCUT2D eigenvalue weighted by Crippen LogP contribution is -2.41. The second-order valence-corrected chi connectivity index (χ2v) is 6.24. The fraction of sp³-hybridized carbons (Fsp3) is 0.900. The lowest BCUT2D eigenvalue weighted by molar-refractivity contribution is -0.137. The van der Waals surface area contributed by atoms with Gasteiger partial charge >= 0.3 is 5.97 Å². The van der Waals surface area contributed by atoms with Crippen molar-refractivity contribution in [2.24, 2.45) is 0 Å². The van der Waals surface area contributed by atoms with Gasteiger partial charge in [-0.25, -0.2) is 8.42 Å². The van der Waals surface area contributed by atoms with E-state index < -0.39 is 16.0 Å². The van der Waals surface area contributed by atoms with Gasteiger partial charge in [0.2, 0.25) is 10.0 Å². The predicted octanol–water partition coefficient (Wildman–Crippen LogP) is 1.06. The first kappa shape index (κ1) is 13.4. The predicted molar refractivity (Wildman–Crippen MR) is 60.7 cm³/mol. The van der Waals surface area contributed by atoms with Crippen molar-refractivity contribution >= 4 is 16.0 Å². The van der Waals surface area contributed by atoms with E-state index in [4.69, 9.17) is 5.11 Å². The van der Waals surface area contributed by atoms with E-state index in [-0.39, 0.29) is 19.0 Å². The fourth-order valence-electron chi connectivity index (χ4n) is 2.19. The zero-order valence-electron chi connectivity index (χ0n) is 9.55. The largest absolute Gasteiger partial charge is 0.481 e. The topological polar surface area (TPSA) is 74.7 Å². The molecule has 1 N–H and O–H groups in total. The van der Waals surface area contributed by atoms with Gasteiger partial charge in [0.1, 0.15) is 0 Å². The first-order valence-electron chi connectivity index (χ1n) is 5.60. The van der Waals surface area contributed by atoms with Crippen molar-refractivity contribution in [3.05, 3.63) is 0 Å². The molecule has 0 spiro atoms. The Morgan fingerprint density at radius 3 is 2.31 bits per heavy atom. The van der Waals surface area contributed by atoms with E-state index in [1.165, 1.54) is 4.31 Å². The molecule has 1 fully saturated rings. The number of carboxylic acids is 1. The molecule has 0 aromatic carbocycles. The van der Waals surface area contributed by atoms with Crippen LogP contribution in [0.1, 0.15) is 38.5 Å². The van der Waals surface area contributed by atoms with Crippen molar-refractivity contribution in [3.8, 4) is 0 Å². The average molecular weight is 249 g/mol. The van der Waals surface area contributed by atoms with Crippen molar-refractivity contribution < 1.29 is 18.3 Å². The van der Waals surface area contributed by atoms with Gasteiger partial charge in [-0.2, -0.15) is 4.31 Å². The van der Waals surface area contributed by atoms with E-state index in [0.717, 1.165) is 38.4 Å². The molecule has 1 aliphatic rings. The van der Waals surface area contributed by atoms with Crippen molar-refractivity contribution in [1.29, 1.82) is 0 Å². The van der Waals surface area contributed by atoms with Gasteiger partial charge in [0, 0.05) is 12.6 Å². The molecule has 16 heavy (non-hydrogen) atoms. The summed E-state index contributed by atoms with van der Waals surface area (Å²) in [7, 11) is -3.29. The van der Waals surface area contributed by atoms with E-state index in [0.29, 0.717) is 0 Å². The van der Waals surface area contributed by atoms with Crippen LogP contribution in [-0.2, 0) is 14.8 Å². The number of carbonyl (C=O) groups is 1. The minimum atomic E-state index is -3.29. The number of hydrogen-bond donors (Lipinski definition) is 1. The van der Waals surface area contributed by atoms with Gasteiger partial charge in [0.25, 0.3) is 0 Å². The highest BCUT2D eigenvalue weighted by atomic mass is 32.2. The Morgan fingerprint density at radius 1 is 1.31 bits per heavy atom. The first-order valence-corrected chi connectivity index (χ1v) is 7.44. The maximum atomic E-state index is 11.6. The second-order valence-electron chi connectivity index (χ2n) is 4.31. The summed E-state index contributed by atoms with van der Waals surface area (Å²) in [5.41, 5.74) is 0. The normalized spacial score (nSPS) is 18.9. The Hall–Kier alpha value is -0.620. The van der Waals surface area contributed by atoms with Crippen LogP contribution in [0.25, 0.3) is 0 Å². The summed E-state index contributed by atoms with van der Waals surface area (Å²) >= 11 is 0. The van der Waals surface area contributed by atoms with Crippen molar-refractivity contribution in [1.82, 2.24) is 4.31 Å². The highest BCUT2D eigenvalue weighted by Gasteiger charge is 2.28. The minimum absolute atomic E-state index is 0.00287. The van der Waals surface area contributed by atoms with E-state index in [2.05, 4.69) is 0 Å². The quantitative estimate of drug-likeness (QED) is 0.790. The van der Waals surface area contributed by atoms with Crippen LogP contribution in [0.5, 0.6) is 0 Å². The Bertz CT molecular complexity index is 333. The molecule has 0 atom stereocenters. The lowest BCUT2D eigenvalue weighted by atomic mass is 9.95. The standard InChI is InChI=1S/C10H19NO4S/c1-16(14,15)11(8-7-10(12)13)9-5-3-2-4-6-9/h9H,2-8H2,1H3,(H,12,13). The number of hydrogen-bond acceptors (Lipinski definition) is 3. The van der Waals surface area contributed by atoms with Crippen LogP contribution in [0.3, 0.4) is 0 Å². The van der Waals surface area contributed by atoms with Crippen LogP contribution in [0.2, 0.25) is 0 Å². The molecule has 6 heteroatoms. The van der Waals surface area contributed by atoms with Crippen LogP contribution in [0.15, 0.2) is 0 Å². The lowest BCUT2D eigenvalue weighted by Gasteiger charge is -2.32. The van der Waals surface area contributed by atoms with Gasteiger partial charge in [0.05, 0.1) is 12.7 Å². The third-order valence-corrected chi connectivity index (χ3v) is 4.29. The number of nitrogens with zero attached hydrogens (tertiary/aromatic N) is 1. The fourth-order valence-corrected chi connectivity index (χ4v) is 3.37. The summed E-state index contributed by atoms with van der Waals surface area (Å²) in [6.07, 6.45) is 5.95. The molecule has 0 saturated heterocycles. The summed E-state index contributed by atoms with van der Waals surface area (Å²) in [4.78, 5) is 10.5.